The molecule has 0 unspecified atom stereocenters. The van der Waals surface area contributed by atoms with Crippen molar-refractivity contribution in [3.8, 4) is 0 Å². The summed E-state index contributed by atoms with van der Waals surface area (Å²) in [5, 5.41) is 8.84. The summed E-state index contributed by atoms with van der Waals surface area (Å²) in [6.07, 6.45) is 3.34. The Morgan fingerprint density at radius 1 is 1.08 bits per heavy atom. The molecule has 1 aliphatic rings. The molecule has 0 aliphatic carbocycles. The van der Waals surface area contributed by atoms with Crippen LogP contribution in [-0.4, -0.2) is 35.5 Å². The van der Waals surface area contributed by atoms with Crippen LogP contribution in [0.2, 0.25) is 0 Å². The number of benzene rings is 2. The fourth-order valence-corrected chi connectivity index (χ4v) is 3.31. The molecule has 0 amide bonds. The van der Waals surface area contributed by atoms with Crippen LogP contribution in [0.1, 0.15) is 30.4 Å². The van der Waals surface area contributed by atoms with Crippen LogP contribution in [0.3, 0.4) is 0 Å². The second kappa shape index (κ2) is 8.49. The van der Waals surface area contributed by atoms with Gasteiger partial charge >= 0.3 is 6.16 Å². The number of hydrogen-bond donors (Lipinski definition) is 1. The van der Waals surface area contributed by atoms with Gasteiger partial charge in [-0.2, -0.15) is 0 Å². The van der Waals surface area contributed by atoms with Crippen molar-refractivity contribution in [3.05, 3.63) is 77.9 Å². The van der Waals surface area contributed by atoms with Crippen LogP contribution in [-0.2, 0) is 4.74 Å². The van der Waals surface area contributed by atoms with Crippen LogP contribution in [0.25, 0.3) is 5.57 Å². The first kappa shape index (κ1) is 17.2. The zero-order chi connectivity index (χ0) is 17.5. The molecule has 0 aromatic heterocycles. The van der Waals surface area contributed by atoms with Crippen molar-refractivity contribution in [2.75, 3.05) is 13.1 Å². The molecule has 1 aliphatic heterocycles. The van der Waals surface area contributed by atoms with E-state index in [1.54, 1.807) is 0 Å². The number of carboxylic acid groups (broad SMARTS) is 1. The van der Waals surface area contributed by atoms with Crippen LogP contribution >= 0.6 is 0 Å². The highest BCUT2D eigenvalue weighted by Gasteiger charge is 2.26. The molecule has 130 valence electrons. The summed E-state index contributed by atoms with van der Waals surface area (Å²) in [4.78, 5) is 12.9. The van der Waals surface area contributed by atoms with E-state index in [4.69, 9.17) is 9.84 Å². The van der Waals surface area contributed by atoms with Crippen molar-refractivity contribution in [1.82, 2.24) is 4.90 Å². The number of likely N-dealkylation sites (tertiary alicyclic amines) is 1. The van der Waals surface area contributed by atoms with Gasteiger partial charge in [-0.25, -0.2) is 4.79 Å². The summed E-state index contributed by atoms with van der Waals surface area (Å²) < 4.78 is 4.97. The molecule has 4 nitrogen and oxygen atoms in total. The van der Waals surface area contributed by atoms with Crippen LogP contribution in [0.15, 0.2) is 66.7 Å². The quantitative estimate of drug-likeness (QED) is 0.781. The van der Waals surface area contributed by atoms with E-state index in [1.165, 1.54) is 16.7 Å². The standard InChI is InChI=1S/C21H23NO3/c23-21(24)25-20-14-8-16-22(20)15-7-13-19(17-9-3-1-4-10-17)18-11-5-2-6-12-18/h1-6,9-13,20H,7-8,14-16H2,(H,23,24)/t20-/m0/s1. The maximum Gasteiger partial charge on any atom is 0.507 e. The Labute approximate surface area is 148 Å². The predicted octanol–water partition coefficient (Wildman–Crippen LogP) is 4.62. The summed E-state index contributed by atoms with van der Waals surface area (Å²) in [5.41, 5.74) is 3.58. The Kier molecular flexibility index (Phi) is 5.86. The van der Waals surface area contributed by atoms with Gasteiger partial charge in [0.15, 0.2) is 6.23 Å². The Hall–Kier alpha value is -2.59. The molecule has 0 bridgehead atoms. The first-order valence-electron chi connectivity index (χ1n) is 8.68. The minimum atomic E-state index is -1.19. The van der Waals surface area contributed by atoms with Crippen LogP contribution in [0.5, 0.6) is 0 Å². The average molecular weight is 337 g/mol. The van der Waals surface area contributed by atoms with Gasteiger partial charge in [0.05, 0.1) is 0 Å². The van der Waals surface area contributed by atoms with E-state index in [0.717, 1.165) is 32.4 Å². The highest BCUT2D eigenvalue weighted by atomic mass is 16.7. The van der Waals surface area contributed by atoms with Gasteiger partial charge < -0.3 is 9.84 Å². The van der Waals surface area contributed by atoms with E-state index in [0.29, 0.717) is 0 Å². The Morgan fingerprint density at radius 2 is 1.68 bits per heavy atom. The molecule has 0 saturated carbocycles. The first-order chi connectivity index (χ1) is 12.2. The first-order valence-corrected chi connectivity index (χ1v) is 8.68. The van der Waals surface area contributed by atoms with Gasteiger partial charge in [-0.05, 0) is 36.0 Å². The molecule has 2 aromatic rings. The van der Waals surface area contributed by atoms with Crippen LogP contribution in [0, 0.1) is 0 Å². The second-order valence-electron chi connectivity index (χ2n) is 6.16. The molecule has 2 aromatic carbocycles. The fraction of sp³-hybridized carbons (Fsp3) is 0.286. The molecule has 3 rings (SSSR count). The van der Waals surface area contributed by atoms with Crippen LogP contribution in [0.4, 0.5) is 4.79 Å². The number of carbonyl (C=O) groups is 1. The lowest BCUT2D eigenvalue weighted by Crippen LogP contribution is -2.33. The lowest BCUT2D eigenvalue weighted by Gasteiger charge is -2.22. The molecule has 1 saturated heterocycles. The lowest BCUT2D eigenvalue weighted by atomic mass is 9.97. The molecule has 0 spiro atoms. The maximum atomic E-state index is 10.8. The summed E-state index contributed by atoms with van der Waals surface area (Å²) in [7, 11) is 0. The van der Waals surface area contributed by atoms with E-state index < -0.39 is 6.16 Å². The Morgan fingerprint density at radius 3 is 2.24 bits per heavy atom. The highest BCUT2D eigenvalue weighted by molar-refractivity contribution is 5.79. The Balaban J connectivity index is 1.72. The van der Waals surface area contributed by atoms with Crippen molar-refractivity contribution in [2.45, 2.75) is 25.5 Å². The molecule has 1 atom stereocenters. The topological polar surface area (TPSA) is 49.8 Å². The average Bonchev–Trinajstić information content (AvgIpc) is 3.06. The summed E-state index contributed by atoms with van der Waals surface area (Å²) in [6.45, 7) is 1.68. The van der Waals surface area contributed by atoms with Crippen molar-refractivity contribution in [3.63, 3.8) is 0 Å². The molecule has 0 radical (unpaired) electrons. The van der Waals surface area contributed by atoms with E-state index >= 15 is 0 Å². The van der Waals surface area contributed by atoms with Gasteiger partial charge in [-0.15, -0.1) is 0 Å². The molecular formula is C21H23NO3. The third-order valence-corrected chi connectivity index (χ3v) is 4.47. The third kappa shape index (κ3) is 4.70. The molecule has 25 heavy (non-hydrogen) atoms. The number of hydrogen-bond acceptors (Lipinski definition) is 3. The monoisotopic (exact) mass is 337 g/mol. The lowest BCUT2D eigenvalue weighted by molar-refractivity contribution is -0.0127. The summed E-state index contributed by atoms with van der Waals surface area (Å²) in [6, 6.07) is 20.7. The molecule has 1 fully saturated rings. The van der Waals surface area contributed by atoms with E-state index in [2.05, 4.69) is 35.2 Å². The van der Waals surface area contributed by atoms with Gasteiger partial charge in [-0.1, -0.05) is 66.7 Å². The highest BCUT2D eigenvalue weighted by Crippen LogP contribution is 2.25. The third-order valence-electron chi connectivity index (χ3n) is 4.47. The zero-order valence-corrected chi connectivity index (χ0v) is 14.2. The maximum absolute atomic E-state index is 10.8. The normalized spacial score (nSPS) is 17.2. The number of ether oxygens (including phenoxy) is 1. The van der Waals surface area contributed by atoms with Crippen molar-refractivity contribution in [2.24, 2.45) is 0 Å². The van der Waals surface area contributed by atoms with Crippen molar-refractivity contribution in [1.29, 1.82) is 0 Å². The minimum Gasteiger partial charge on any atom is -0.450 e. The molecule has 1 N–H and O–H groups in total. The van der Waals surface area contributed by atoms with Gasteiger partial charge in [0.2, 0.25) is 0 Å². The minimum absolute atomic E-state index is 0.303. The van der Waals surface area contributed by atoms with Crippen molar-refractivity contribution >= 4 is 11.7 Å². The van der Waals surface area contributed by atoms with Gasteiger partial charge in [0, 0.05) is 13.1 Å². The molecule has 4 heteroatoms. The van der Waals surface area contributed by atoms with Gasteiger partial charge in [-0.3, -0.25) is 4.90 Å². The molecular weight excluding hydrogens is 314 g/mol. The largest absolute Gasteiger partial charge is 0.507 e. The summed E-state index contributed by atoms with van der Waals surface area (Å²) >= 11 is 0. The second-order valence-corrected chi connectivity index (χ2v) is 6.16. The number of nitrogens with zero attached hydrogens (tertiary/aromatic N) is 1. The van der Waals surface area contributed by atoms with E-state index in [9.17, 15) is 4.79 Å². The smallest absolute Gasteiger partial charge is 0.450 e. The fourth-order valence-electron chi connectivity index (χ4n) is 3.31. The van der Waals surface area contributed by atoms with Gasteiger partial charge in [0.25, 0.3) is 0 Å². The SMILES string of the molecule is O=C(O)O[C@H]1CCCN1CCC=C(c1ccccc1)c1ccccc1. The van der Waals surface area contributed by atoms with Crippen LogP contribution < -0.4 is 0 Å². The van der Waals surface area contributed by atoms with Crippen molar-refractivity contribution < 1.29 is 14.6 Å². The van der Waals surface area contributed by atoms with E-state index in [-0.39, 0.29) is 6.23 Å². The van der Waals surface area contributed by atoms with Gasteiger partial charge in [0.1, 0.15) is 0 Å². The van der Waals surface area contributed by atoms with E-state index in [1.807, 2.05) is 36.4 Å². The molecule has 1 heterocycles. The number of rotatable bonds is 6. The zero-order valence-electron chi connectivity index (χ0n) is 14.2. The summed E-state index contributed by atoms with van der Waals surface area (Å²) in [5.74, 6) is 0. The Bertz CT molecular complexity index is 671. The predicted molar refractivity (Wildman–Crippen MR) is 98.3 cm³/mol.